The van der Waals surface area contributed by atoms with Crippen LogP contribution < -0.4 is 17.0 Å². The van der Waals surface area contributed by atoms with E-state index in [-0.39, 0.29) is 17.2 Å². The van der Waals surface area contributed by atoms with Crippen LogP contribution in [-0.2, 0) is 13.0 Å². The molecule has 4 N–H and O–H groups in total. The van der Waals surface area contributed by atoms with Gasteiger partial charge in [-0.3, -0.25) is 19.3 Å². The number of aromatic nitrogens is 4. The molecule has 7 nitrogen and oxygen atoms in total. The molecule has 21 heavy (non-hydrogen) atoms. The van der Waals surface area contributed by atoms with E-state index in [9.17, 15) is 9.59 Å². The second-order valence-corrected chi connectivity index (χ2v) is 4.82. The lowest BCUT2D eigenvalue weighted by Crippen LogP contribution is -2.17. The molecule has 108 valence electrons. The van der Waals surface area contributed by atoms with E-state index in [0.717, 1.165) is 12.8 Å². The van der Waals surface area contributed by atoms with Crippen molar-refractivity contribution in [2.45, 2.75) is 19.4 Å². The first-order chi connectivity index (χ1) is 10.1. The van der Waals surface area contributed by atoms with Crippen LogP contribution in [0.15, 0.2) is 39.9 Å². The van der Waals surface area contributed by atoms with Gasteiger partial charge in [-0.15, -0.1) is 0 Å². The number of hydrogen-bond acceptors (Lipinski definition) is 4. The Morgan fingerprint density at radius 2 is 1.90 bits per heavy atom. The molecule has 0 atom stereocenters. The summed E-state index contributed by atoms with van der Waals surface area (Å²) in [7, 11) is 0. The predicted molar refractivity (Wildman–Crippen MR) is 80.1 cm³/mol. The van der Waals surface area contributed by atoms with Crippen LogP contribution in [-0.4, -0.2) is 19.5 Å². The molecule has 0 fully saturated rings. The lowest BCUT2D eigenvalue weighted by Gasteiger charge is -2.03. The van der Waals surface area contributed by atoms with Crippen molar-refractivity contribution in [1.82, 2.24) is 19.5 Å². The van der Waals surface area contributed by atoms with E-state index < -0.39 is 5.56 Å². The molecule has 0 aliphatic rings. The van der Waals surface area contributed by atoms with Crippen LogP contribution in [0.2, 0.25) is 0 Å². The number of H-pyrrole nitrogens is 2. The van der Waals surface area contributed by atoms with Crippen molar-refractivity contribution in [3.8, 4) is 0 Å². The lowest BCUT2D eigenvalue weighted by molar-refractivity contribution is 0.635. The highest BCUT2D eigenvalue weighted by atomic mass is 16.2. The van der Waals surface area contributed by atoms with E-state index in [2.05, 4.69) is 15.0 Å². The largest absolute Gasteiger partial charge is 0.369 e. The van der Waals surface area contributed by atoms with Gasteiger partial charge in [-0.1, -0.05) is 30.3 Å². The van der Waals surface area contributed by atoms with E-state index in [1.165, 1.54) is 10.1 Å². The Bertz CT molecular complexity index is 876. The topological polar surface area (TPSA) is 110 Å². The number of nitrogens with zero attached hydrogens (tertiary/aromatic N) is 2. The first kappa shape index (κ1) is 13.2. The third-order valence-electron chi connectivity index (χ3n) is 3.34. The summed E-state index contributed by atoms with van der Waals surface area (Å²) in [6.45, 7) is 0.476. The fourth-order valence-corrected chi connectivity index (χ4v) is 2.35. The second kappa shape index (κ2) is 5.28. The van der Waals surface area contributed by atoms with Crippen molar-refractivity contribution in [3.63, 3.8) is 0 Å². The molecule has 0 bridgehead atoms. The summed E-state index contributed by atoms with van der Waals surface area (Å²) in [6.07, 6.45) is 1.61. The zero-order valence-corrected chi connectivity index (χ0v) is 11.3. The van der Waals surface area contributed by atoms with Gasteiger partial charge in [0.15, 0.2) is 11.2 Å². The Labute approximate surface area is 119 Å². The molecule has 2 aromatic heterocycles. The molecule has 0 aliphatic carbocycles. The average molecular weight is 285 g/mol. The Kier molecular flexibility index (Phi) is 3.31. The molecule has 0 aliphatic heterocycles. The van der Waals surface area contributed by atoms with Crippen molar-refractivity contribution in [3.05, 3.63) is 56.7 Å². The van der Waals surface area contributed by atoms with Crippen molar-refractivity contribution in [2.75, 3.05) is 5.73 Å². The smallest absolute Gasteiger partial charge is 0.327 e. The maximum absolute atomic E-state index is 11.9. The average Bonchev–Trinajstić information content (AvgIpc) is 2.77. The highest BCUT2D eigenvalue weighted by molar-refractivity contribution is 5.70. The first-order valence-electron chi connectivity index (χ1n) is 6.67. The summed E-state index contributed by atoms with van der Waals surface area (Å²) in [6, 6.07) is 10.0. The maximum Gasteiger partial charge on any atom is 0.327 e. The Morgan fingerprint density at radius 1 is 1.14 bits per heavy atom. The number of hydrogen-bond donors (Lipinski definition) is 3. The van der Waals surface area contributed by atoms with Crippen molar-refractivity contribution < 1.29 is 0 Å². The number of aromatic amines is 2. The number of nitrogens with one attached hydrogen (secondary N) is 2. The molecular weight excluding hydrogens is 270 g/mol. The second-order valence-electron chi connectivity index (χ2n) is 4.82. The molecule has 7 heteroatoms. The van der Waals surface area contributed by atoms with Crippen LogP contribution in [0.1, 0.15) is 12.0 Å². The predicted octanol–water partition coefficient (Wildman–Crippen LogP) is 0.628. The molecule has 0 amide bonds. The Morgan fingerprint density at radius 3 is 2.67 bits per heavy atom. The SMILES string of the molecule is Nc1nc2c([nH]c(=O)n2CCCc2ccccc2)c(=O)[nH]1. The molecule has 0 spiro atoms. The van der Waals surface area contributed by atoms with Gasteiger partial charge >= 0.3 is 5.69 Å². The summed E-state index contributed by atoms with van der Waals surface area (Å²) < 4.78 is 1.45. The molecule has 2 heterocycles. The first-order valence-corrected chi connectivity index (χ1v) is 6.67. The van der Waals surface area contributed by atoms with Crippen molar-refractivity contribution >= 4 is 17.1 Å². The summed E-state index contributed by atoms with van der Waals surface area (Å²) in [4.78, 5) is 32.5. The van der Waals surface area contributed by atoms with Crippen LogP contribution in [0.5, 0.6) is 0 Å². The molecule has 0 radical (unpaired) electrons. The summed E-state index contributed by atoms with van der Waals surface area (Å²) >= 11 is 0. The fraction of sp³-hybridized carbons (Fsp3) is 0.214. The van der Waals surface area contributed by atoms with Gasteiger partial charge in [-0.2, -0.15) is 4.98 Å². The number of nitrogen functional groups attached to an aromatic ring is 1. The standard InChI is InChI=1S/C14H15N5O2/c15-13-17-11-10(12(20)18-13)16-14(21)19(11)8-4-7-9-5-2-1-3-6-9/h1-3,5-6H,4,7-8H2,(H,16,21)(H3,15,17,18,20). The highest BCUT2D eigenvalue weighted by Gasteiger charge is 2.11. The van der Waals surface area contributed by atoms with Crippen LogP contribution in [0.3, 0.4) is 0 Å². The quantitative estimate of drug-likeness (QED) is 0.653. The van der Waals surface area contributed by atoms with Crippen LogP contribution >= 0.6 is 0 Å². The fourth-order valence-electron chi connectivity index (χ4n) is 2.35. The maximum atomic E-state index is 11.9. The zero-order chi connectivity index (χ0) is 14.8. The van der Waals surface area contributed by atoms with Gasteiger partial charge in [0.2, 0.25) is 5.95 Å². The van der Waals surface area contributed by atoms with Gasteiger partial charge in [0.1, 0.15) is 0 Å². The minimum Gasteiger partial charge on any atom is -0.369 e. The minimum atomic E-state index is -0.434. The number of rotatable bonds is 4. The number of nitrogens with two attached hydrogens (primary N) is 1. The molecule has 0 saturated heterocycles. The van der Waals surface area contributed by atoms with E-state index in [4.69, 9.17) is 5.73 Å². The van der Waals surface area contributed by atoms with Crippen LogP contribution in [0.4, 0.5) is 5.95 Å². The Hall–Kier alpha value is -2.83. The molecule has 3 aromatic rings. The van der Waals surface area contributed by atoms with E-state index in [0.29, 0.717) is 12.2 Å². The summed E-state index contributed by atoms with van der Waals surface area (Å²) in [5.41, 5.74) is 6.41. The number of aryl methyl sites for hydroxylation is 2. The van der Waals surface area contributed by atoms with Gasteiger partial charge in [-0.25, -0.2) is 4.79 Å². The zero-order valence-electron chi connectivity index (χ0n) is 11.3. The molecule has 0 saturated carbocycles. The normalized spacial score (nSPS) is 11.0. The Balaban J connectivity index is 1.86. The molecule has 0 unspecified atom stereocenters. The minimum absolute atomic E-state index is 0.00306. The van der Waals surface area contributed by atoms with Crippen LogP contribution in [0, 0.1) is 0 Å². The third kappa shape index (κ3) is 2.58. The van der Waals surface area contributed by atoms with Crippen molar-refractivity contribution in [2.24, 2.45) is 0 Å². The summed E-state index contributed by atoms with van der Waals surface area (Å²) in [5.74, 6) is 0.00306. The van der Waals surface area contributed by atoms with E-state index >= 15 is 0 Å². The number of benzene rings is 1. The van der Waals surface area contributed by atoms with Gasteiger partial charge in [0, 0.05) is 6.54 Å². The molecular formula is C14H15N5O2. The number of fused-ring (bicyclic) bond motifs is 1. The highest BCUT2D eigenvalue weighted by Crippen LogP contribution is 2.07. The van der Waals surface area contributed by atoms with Gasteiger partial charge < -0.3 is 5.73 Å². The van der Waals surface area contributed by atoms with Gasteiger partial charge in [0.25, 0.3) is 5.56 Å². The van der Waals surface area contributed by atoms with Crippen LogP contribution in [0.25, 0.3) is 11.2 Å². The van der Waals surface area contributed by atoms with Gasteiger partial charge in [-0.05, 0) is 18.4 Å². The van der Waals surface area contributed by atoms with Gasteiger partial charge in [0.05, 0.1) is 0 Å². The summed E-state index contributed by atoms with van der Waals surface area (Å²) in [5, 5.41) is 0. The third-order valence-corrected chi connectivity index (χ3v) is 3.34. The van der Waals surface area contributed by atoms with E-state index in [1.807, 2.05) is 30.3 Å². The van der Waals surface area contributed by atoms with Crippen molar-refractivity contribution in [1.29, 1.82) is 0 Å². The van der Waals surface area contributed by atoms with E-state index in [1.54, 1.807) is 0 Å². The lowest BCUT2D eigenvalue weighted by atomic mass is 10.1. The monoisotopic (exact) mass is 285 g/mol. The molecule has 1 aromatic carbocycles. The number of anilines is 1. The molecule has 3 rings (SSSR count). The number of imidazole rings is 1.